The maximum absolute atomic E-state index is 10.9. The number of aromatic hydroxyl groups is 1. The minimum atomic E-state index is -0.597. The van der Waals surface area contributed by atoms with Crippen molar-refractivity contribution in [3.05, 3.63) is 15.3 Å². The van der Waals surface area contributed by atoms with Crippen LogP contribution in [0.4, 0.5) is 5.69 Å². The molecule has 3 N–H and O–H groups in total. The summed E-state index contributed by atoms with van der Waals surface area (Å²) in [5, 5.41) is 11.4. The van der Waals surface area contributed by atoms with Crippen molar-refractivity contribution in [1.29, 1.82) is 0 Å². The molecule has 0 atom stereocenters. The molecule has 0 bridgehead atoms. The third-order valence-corrected chi connectivity index (χ3v) is 1.56. The highest BCUT2D eigenvalue weighted by Gasteiger charge is 2.14. The molecular formula is C5H9N3O4. The van der Waals surface area contributed by atoms with Gasteiger partial charge < -0.3 is 10.6 Å². The number of hydrogen-bond donors (Lipinski definition) is 1. The minimum Gasteiger partial charge on any atom is -0.492 e. The minimum absolute atomic E-state index is 0. The van der Waals surface area contributed by atoms with Crippen LogP contribution in [0, 0.1) is 4.91 Å². The van der Waals surface area contributed by atoms with Crippen LogP contribution in [-0.4, -0.2) is 19.9 Å². The molecule has 0 saturated heterocycles. The van der Waals surface area contributed by atoms with E-state index in [1.54, 1.807) is 0 Å². The Morgan fingerprint density at radius 1 is 1.33 bits per heavy atom. The molecule has 1 aromatic heterocycles. The van der Waals surface area contributed by atoms with E-state index < -0.39 is 17.1 Å². The summed E-state index contributed by atoms with van der Waals surface area (Å²) in [5.41, 5.74) is -1.05. The first kappa shape index (κ1) is 10.4. The van der Waals surface area contributed by atoms with Gasteiger partial charge in [-0.3, -0.25) is 9.48 Å². The SMILES string of the molecule is Cn1c(O)c(N=O)c(=O)n1C.O. The van der Waals surface area contributed by atoms with Gasteiger partial charge in [0.1, 0.15) is 0 Å². The highest BCUT2D eigenvalue weighted by atomic mass is 16.3. The van der Waals surface area contributed by atoms with Crippen LogP contribution in [0.5, 0.6) is 5.88 Å². The molecule has 1 aromatic rings. The Morgan fingerprint density at radius 3 is 2.00 bits per heavy atom. The molecule has 0 aliphatic carbocycles. The molecule has 0 aliphatic rings. The third kappa shape index (κ3) is 1.10. The fourth-order valence-corrected chi connectivity index (χ4v) is 0.760. The highest BCUT2D eigenvalue weighted by molar-refractivity contribution is 5.44. The molecule has 0 fully saturated rings. The van der Waals surface area contributed by atoms with Crippen molar-refractivity contribution in [3.8, 4) is 5.88 Å². The van der Waals surface area contributed by atoms with Gasteiger partial charge in [0, 0.05) is 14.1 Å². The van der Waals surface area contributed by atoms with E-state index in [1.165, 1.54) is 14.1 Å². The molecule has 7 nitrogen and oxygen atoms in total. The van der Waals surface area contributed by atoms with Crippen LogP contribution in [0.1, 0.15) is 0 Å². The predicted octanol–water partition coefficient (Wildman–Crippen LogP) is -0.997. The second kappa shape index (κ2) is 3.18. The van der Waals surface area contributed by atoms with Gasteiger partial charge in [-0.1, -0.05) is 0 Å². The Morgan fingerprint density at radius 2 is 1.83 bits per heavy atom. The fraction of sp³-hybridized carbons (Fsp3) is 0.400. The summed E-state index contributed by atoms with van der Waals surface area (Å²) >= 11 is 0. The van der Waals surface area contributed by atoms with E-state index in [2.05, 4.69) is 5.18 Å². The number of nitrogens with zero attached hydrogens (tertiary/aromatic N) is 3. The maximum atomic E-state index is 10.9. The molecule has 68 valence electrons. The lowest BCUT2D eigenvalue weighted by Crippen LogP contribution is -2.16. The summed E-state index contributed by atoms with van der Waals surface area (Å²) < 4.78 is 2.23. The lowest BCUT2D eigenvalue weighted by atomic mass is 10.5. The van der Waals surface area contributed by atoms with Gasteiger partial charge in [0.25, 0.3) is 5.56 Å². The predicted molar refractivity (Wildman–Crippen MR) is 41.4 cm³/mol. The van der Waals surface area contributed by atoms with Gasteiger partial charge in [-0.15, -0.1) is 4.91 Å². The molecule has 1 heterocycles. The molecule has 0 amide bonds. The molecule has 12 heavy (non-hydrogen) atoms. The summed E-state index contributed by atoms with van der Waals surface area (Å²) in [5.74, 6) is -0.410. The monoisotopic (exact) mass is 175 g/mol. The summed E-state index contributed by atoms with van der Waals surface area (Å²) in [4.78, 5) is 20.9. The van der Waals surface area contributed by atoms with Crippen molar-refractivity contribution in [1.82, 2.24) is 9.36 Å². The number of nitroso groups, excluding NO2 is 1. The molecule has 0 aromatic carbocycles. The van der Waals surface area contributed by atoms with Crippen LogP contribution >= 0.6 is 0 Å². The Labute approximate surface area is 67.1 Å². The number of rotatable bonds is 1. The zero-order chi connectivity index (χ0) is 8.59. The van der Waals surface area contributed by atoms with Crippen molar-refractivity contribution >= 4 is 5.69 Å². The Bertz CT molecular complexity index is 350. The standard InChI is InChI=1S/C5H7N3O3.H2O/c1-7-4(9)3(6-11)5(10)8(7)2;/h9H,1-2H3;1H2. The quantitative estimate of drug-likeness (QED) is 0.553. The van der Waals surface area contributed by atoms with Gasteiger partial charge in [0.15, 0.2) is 0 Å². The van der Waals surface area contributed by atoms with Crippen LogP contribution < -0.4 is 5.56 Å². The van der Waals surface area contributed by atoms with E-state index in [0.717, 1.165) is 9.36 Å². The lowest BCUT2D eigenvalue weighted by Gasteiger charge is -1.97. The highest BCUT2D eigenvalue weighted by Crippen LogP contribution is 2.19. The molecule has 0 radical (unpaired) electrons. The fourth-order valence-electron chi connectivity index (χ4n) is 0.760. The molecule has 1 rings (SSSR count). The first-order valence-corrected chi connectivity index (χ1v) is 2.88. The summed E-state index contributed by atoms with van der Waals surface area (Å²) in [6.07, 6.45) is 0. The second-order valence-electron chi connectivity index (χ2n) is 2.12. The zero-order valence-electron chi connectivity index (χ0n) is 6.61. The van der Waals surface area contributed by atoms with Crippen molar-refractivity contribution in [2.24, 2.45) is 19.3 Å². The van der Waals surface area contributed by atoms with E-state index in [9.17, 15) is 9.70 Å². The smallest absolute Gasteiger partial charge is 0.300 e. The molecule has 7 heteroatoms. The van der Waals surface area contributed by atoms with Crippen LogP contribution in [0.15, 0.2) is 9.97 Å². The summed E-state index contributed by atoms with van der Waals surface area (Å²) in [6.45, 7) is 0. The Hall–Kier alpha value is -1.63. The van der Waals surface area contributed by atoms with Crippen LogP contribution in [0.25, 0.3) is 0 Å². The molecule has 0 spiro atoms. The van der Waals surface area contributed by atoms with Gasteiger partial charge in [-0.25, -0.2) is 4.68 Å². The molecule has 0 saturated carbocycles. The van der Waals surface area contributed by atoms with Crippen LogP contribution in [-0.2, 0) is 14.1 Å². The van der Waals surface area contributed by atoms with Gasteiger partial charge >= 0.3 is 0 Å². The number of aromatic nitrogens is 2. The second-order valence-corrected chi connectivity index (χ2v) is 2.12. The van der Waals surface area contributed by atoms with Gasteiger partial charge in [-0.2, -0.15) is 0 Å². The van der Waals surface area contributed by atoms with E-state index in [1.807, 2.05) is 0 Å². The van der Waals surface area contributed by atoms with Crippen LogP contribution in [0.2, 0.25) is 0 Å². The normalized spacial score (nSPS) is 9.17. The van der Waals surface area contributed by atoms with E-state index >= 15 is 0 Å². The van der Waals surface area contributed by atoms with Gasteiger partial charge in [0.2, 0.25) is 11.6 Å². The zero-order valence-corrected chi connectivity index (χ0v) is 6.61. The summed E-state index contributed by atoms with van der Waals surface area (Å²) in [6, 6.07) is 0. The average molecular weight is 175 g/mol. The van der Waals surface area contributed by atoms with Crippen LogP contribution in [0.3, 0.4) is 0 Å². The van der Waals surface area contributed by atoms with Gasteiger partial charge in [-0.05, 0) is 5.18 Å². The van der Waals surface area contributed by atoms with Crippen molar-refractivity contribution < 1.29 is 10.6 Å². The third-order valence-electron chi connectivity index (χ3n) is 1.56. The average Bonchev–Trinajstić information content (AvgIpc) is 2.17. The number of hydrogen-bond acceptors (Lipinski definition) is 4. The van der Waals surface area contributed by atoms with Crippen molar-refractivity contribution in [2.45, 2.75) is 0 Å². The van der Waals surface area contributed by atoms with Crippen molar-refractivity contribution in [2.75, 3.05) is 0 Å². The van der Waals surface area contributed by atoms with Crippen molar-refractivity contribution in [3.63, 3.8) is 0 Å². The molecular weight excluding hydrogens is 166 g/mol. The van der Waals surface area contributed by atoms with E-state index in [-0.39, 0.29) is 5.48 Å². The summed E-state index contributed by atoms with van der Waals surface area (Å²) in [7, 11) is 2.88. The maximum Gasteiger partial charge on any atom is 0.300 e. The largest absolute Gasteiger partial charge is 0.492 e. The van der Waals surface area contributed by atoms with E-state index in [4.69, 9.17) is 5.11 Å². The Kier molecular flexibility index (Phi) is 2.75. The topological polar surface area (TPSA) is 108 Å². The lowest BCUT2D eigenvalue weighted by molar-refractivity contribution is 0.398. The van der Waals surface area contributed by atoms with Gasteiger partial charge in [0.05, 0.1) is 0 Å². The Balaban J connectivity index is 0.00000121. The van der Waals surface area contributed by atoms with E-state index in [0.29, 0.717) is 0 Å². The molecule has 0 unspecified atom stereocenters. The molecule has 0 aliphatic heterocycles. The first-order chi connectivity index (χ1) is 5.09. The first-order valence-electron chi connectivity index (χ1n) is 2.88.